The van der Waals surface area contributed by atoms with Crippen LogP contribution in [0.15, 0.2) is 29.9 Å². The van der Waals surface area contributed by atoms with Gasteiger partial charge < -0.3 is 9.84 Å². The van der Waals surface area contributed by atoms with E-state index in [4.69, 9.17) is 4.74 Å². The minimum absolute atomic E-state index is 0.0757. The number of ether oxygens (including phenoxy) is 1. The molecule has 4 aliphatic rings. The summed E-state index contributed by atoms with van der Waals surface area (Å²) in [6.07, 6.45) is 13.4. The van der Waals surface area contributed by atoms with E-state index in [0.717, 1.165) is 23.3 Å². The summed E-state index contributed by atoms with van der Waals surface area (Å²) in [5, 5.41) is 11.6. The fourth-order valence-corrected chi connectivity index (χ4v) is 7.96. The van der Waals surface area contributed by atoms with Gasteiger partial charge in [-0.25, -0.2) is 0 Å². The molecule has 0 aromatic carbocycles. The summed E-state index contributed by atoms with van der Waals surface area (Å²) in [7, 11) is 1.75. The molecular weight excluding hydrogens is 352 g/mol. The monoisotopic (exact) mass is 384 g/mol. The van der Waals surface area contributed by atoms with E-state index < -0.39 is 0 Å². The molecule has 2 nitrogen and oxygen atoms in total. The quantitative estimate of drug-likeness (QED) is 0.670. The Morgan fingerprint density at radius 3 is 2.74 bits per heavy atom. The molecule has 3 heteroatoms. The number of aliphatic hydroxyl groups excluding tert-OH is 1. The molecule has 0 aliphatic heterocycles. The predicted molar refractivity (Wildman–Crippen MR) is 112 cm³/mol. The normalized spacial score (nSPS) is 43.3. The number of methoxy groups -OCH3 is 1. The van der Waals surface area contributed by atoms with E-state index >= 15 is 0 Å². The number of rotatable bonds is 2. The number of thiophene rings is 1. The molecule has 1 aromatic heterocycles. The Hall–Kier alpha value is -1.06. The SMILES string of the molecule is COc1ccc(C2=CC3=CC[C@@H]4[C@H](CC[C@]5(C)C(O)CC[C@@H]45)[C@@]3(C)CC2)s1. The van der Waals surface area contributed by atoms with Crippen molar-refractivity contribution in [2.45, 2.75) is 64.9 Å². The van der Waals surface area contributed by atoms with Gasteiger partial charge in [0.2, 0.25) is 0 Å². The average Bonchev–Trinajstić information content (AvgIpc) is 3.26. The van der Waals surface area contributed by atoms with Crippen LogP contribution in [-0.4, -0.2) is 18.3 Å². The molecule has 0 amide bonds. The summed E-state index contributed by atoms with van der Waals surface area (Å²) < 4.78 is 5.40. The van der Waals surface area contributed by atoms with Crippen LogP contribution in [0.2, 0.25) is 0 Å². The number of hydrogen-bond acceptors (Lipinski definition) is 3. The summed E-state index contributed by atoms with van der Waals surface area (Å²) >= 11 is 1.77. The van der Waals surface area contributed by atoms with Crippen molar-refractivity contribution < 1.29 is 9.84 Å². The summed E-state index contributed by atoms with van der Waals surface area (Å²) in [4.78, 5) is 1.37. The van der Waals surface area contributed by atoms with E-state index in [-0.39, 0.29) is 11.5 Å². The van der Waals surface area contributed by atoms with Gasteiger partial charge in [-0.3, -0.25) is 0 Å². The molecular formula is C24H32O2S. The van der Waals surface area contributed by atoms with E-state index in [1.807, 2.05) is 0 Å². The van der Waals surface area contributed by atoms with Crippen LogP contribution >= 0.6 is 11.3 Å². The topological polar surface area (TPSA) is 29.5 Å². The van der Waals surface area contributed by atoms with Gasteiger partial charge in [-0.1, -0.05) is 37.3 Å². The highest BCUT2D eigenvalue weighted by molar-refractivity contribution is 7.14. The lowest BCUT2D eigenvalue weighted by atomic mass is 9.48. The predicted octanol–water partition coefficient (Wildman–Crippen LogP) is 6.07. The van der Waals surface area contributed by atoms with Gasteiger partial charge in [-0.2, -0.15) is 0 Å². The maximum Gasteiger partial charge on any atom is 0.173 e. The molecule has 2 fully saturated rings. The zero-order valence-corrected chi connectivity index (χ0v) is 17.6. The van der Waals surface area contributed by atoms with Gasteiger partial charge >= 0.3 is 0 Å². The van der Waals surface area contributed by atoms with Crippen LogP contribution in [0.4, 0.5) is 0 Å². The first-order valence-corrected chi connectivity index (χ1v) is 11.5. The van der Waals surface area contributed by atoms with Crippen molar-refractivity contribution in [3.05, 3.63) is 34.7 Å². The number of hydrogen-bond donors (Lipinski definition) is 1. The standard InChI is InChI=1S/C24H32O2S/c1-23-12-10-15(20-7-9-22(26-3)27-20)14-16(23)4-5-17-18-6-8-21(25)24(18,2)13-11-19(17)23/h4,7,9,14,17-19,21,25H,5-6,8,10-13H2,1-3H3/t17-,18-,19-,21?,23-,24-/m0/s1. The van der Waals surface area contributed by atoms with Gasteiger partial charge in [0.15, 0.2) is 5.06 Å². The Bertz CT molecular complexity index is 805. The molecule has 0 saturated heterocycles. The van der Waals surface area contributed by atoms with Crippen molar-refractivity contribution >= 4 is 16.9 Å². The highest BCUT2D eigenvalue weighted by Crippen LogP contribution is 2.64. The van der Waals surface area contributed by atoms with Crippen LogP contribution in [0.1, 0.15) is 63.7 Å². The second-order valence-corrected chi connectivity index (χ2v) is 10.9. The molecule has 1 aromatic rings. The van der Waals surface area contributed by atoms with Gasteiger partial charge in [0.25, 0.3) is 0 Å². The molecule has 0 bridgehead atoms. The summed E-state index contributed by atoms with van der Waals surface area (Å²) in [6.45, 7) is 4.90. The zero-order valence-electron chi connectivity index (χ0n) is 16.8. The molecule has 6 atom stereocenters. The highest BCUT2D eigenvalue weighted by Gasteiger charge is 2.57. The largest absolute Gasteiger partial charge is 0.487 e. The molecule has 4 aliphatic carbocycles. The van der Waals surface area contributed by atoms with E-state index in [2.05, 4.69) is 38.1 Å². The third-order valence-electron chi connectivity index (χ3n) is 8.82. The van der Waals surface area contributed by atoms with Gasteiger partial charge in [-0.15, -0.1) is 0 Å². The Kier molecular flexibility index (Phi) is 4.15. The fraction of sp³-hybridized carbons (Fsp3) is 0.667. The van der Waals surface area contributed by atoms with E-state index in [1.54, 1.807) is 24.0 Å². The van der Waals surface area contributed by atoms with Crippen LogP contribution in [0, 0.1) is 28.6 Å². The number of allylic oxidation sites excluding steroid dienone is 4. The molecule has 0 radical (unpaired) electrons. The van der Waals surface area contributed by atoms with Crippen molar-refractivity contribution in [1.82, 2.24) is 0 Å². The van der Waals surface area contributed by atoms with Crippen molar-refractivity contribution in [3.63, 3.8) is 0 Å². The van der Waals surface area contributed by atoms with Crippen LogP contribution < -0.4 is 4.74 Å². The molecule has 1 heterocycles. The zero-order chi connectivity index (χ0) is 18.8. The van der Waals surface area contributed by atoms with E-state index in [9.17, 15) is 5.11 Å². The molecule has 2 saturated carbocycles. The Balaban J connectivity index is 1.47. The lowest BCUT2D eigenvalue weighted by molar-refractivity contribution is -0.0622. The molecule has 1 unspecified atom stereocenters. The average molecular weight is 385 g/mol. The van der Waals surface area contributed by atoms with Crippen molar-refractivity contribution in [3.8, 4) is 5.06 Å². The third kappa shape index (κ3) is 2.54. The second-order valence-electron chi connectivity index (χ2n) is 9.82. The molecule has 0 spiro atoms. The van der Waals surface area contributed by atoms with Gasteiger partial charge in [0.05, 0.1) is 13.2 Å². The number of fused-ring (bicyclic) bond motifs is 5. The lowest BCUT2D eigenvalue weighted by Gasteiger charge is -2.56. The Morgan fingerprint density at radius 1 is 1.11 bits per heavy atom. The molecule has 1 N–H and O–H groups in total. The van der Waals surface area contributed by atoms with E-state index in [1.165, 1.54) is 49.0 Å². The fourth-order valence-electron chi connectivity index (χ4n) is 7.09. The van der Waals surface area contributed by atoms with E-state index in [0.29, 0.717) is 11.3 Å². The molecule has 5 rings (SSSR count). The van der Waals surface area contributed by atoms with Crippen LogP contribution in [0.5, 0.6) is 5.06 Å². The third-order valence-corrected chi connectivity index (χ3v) is 9.94. The Labute approximate surface area is 167 Å². The first kappa shape index (κ1) is 18.0. The first-order chi connectivity index (χ1) is 13.0. The van der Waals surface area contributed by atoms with Crippen LogP contribution in [-0.2, 0) is 0 Å². The van der Waals surface area contributed by atoms with Gasteiger partial charge in [0.1, 0.15) is 0 Å². The smallest absolute Gasteiger partial charge is 0.173 e. The summed E-state index contributed by atoms with van der Waals surface area (Å²) in [5.74, 6) is 2.27. The Morgan fingerprint density at radius 2 is 1.96 bits per heavy atom. The first-order valence-electron chi connectivity index (χ1n) is 10.7. The van der Waals surface area contributed by atoms with Crippen LogP contribution in [0.25, 0.3) is 5.57 Å². The maximum absolute atomic E-state index is 10.6. The van der Waals surface area contributed by atoms with Crippen molar-refractivity contribution in [2.24, 2.45) is 28.6 Å². The maximum atomic E-state index is 10.6. The minimum atomic E-state index is -0.0757. The van der Waals surface area contributed by atoms with Crippen LogP contribution in [0.3, 0.4) is 0 Å². The van der Waals surface area contributed by atoms with Gasteiger partial charge in [-0.05, 0) is 96.8 Å². The van der Waals surface area contributed by atoms with Gasteiger partial charge in [0, 0.05) is 4.88 Å². The minimum Gasteiger partial charge on any atom is -0.487 e. The van der Waals surface area contributed by atoms with Crippen molar-refractivity contribution in [1.29, 1.82) is 0 Å². The van der Waals surface area contributed by atoms with Crippen molar-refractivity contribution in [2.75, 3.05) is 7.11 Å². The molecule has 146 valence electrons. The summed E-state index contributed by atoms with van der Waals surface area (Å²) in [5.41, 5.74) is 3.57. The molecule has 27 heavy (non-hydrogen) atoms. The summed E-state index contributed by atoms with van der Waals surface area (Å²) in [6, 6.07) is 4.31. The number of aliphatic hydroxyl groups is 1. The lowest BCUT2D eigenvalue weighted by Crippen LogP contribution is -2.50. The second kappa shape index (κ2) is 6.22. The highest BCUT2D eigenvalue weighted by atomic mass is 32.1.